The lowest BCUT2D eigenvalue weighted by Gasteiger charge is -2.37. The maximum Gasteiger partial charge on any atom is 0.417 e. The molecular weight excluding hydrogens is 423 g/mol. The van der Waals surface area contributed by atoms with E-state index in [0.717, 1.165) is 17.0 Å². The Hall–Kier alpha value is -2.74. The van der Waals surface area contributed by atoms with E-state index in [0.29, 0.717) is 30.4 Å². The minimum Gasteiger partial charge on any atom is -0.481 e. The van der Waals surface area contributed by atoms with Crippen LogP contribution in [0.2, 0.25) is 0 Å². The van der Waals surface area contributed by atoms with Crippen LogP contribution in [0.3, 0.4) is 0 Å². The molecule has 2 aliphatic rings. The molecule has 1 aromatic carbocycles. The number of anilines is 1. The minimum absolute atomic E-state index is 0.0143. The second-order valence-electron chi connectivity index (χ2n) is 7.06. The Morgan fingerprint density at radius 1 is 1.27 bits per heavy atom. The third-order valence-electron chi connectivity index (χ3n) is 5.32. The zero-order valence-corrected chi connectivity index (χ0v) is 16.6. The first kappa shape index (κ1) is 22.0. The largest absolute Gasteiger partial charge is 0.481 e. The van der Waals surface area contributed by atoms with Crippen LogP contribution in [0.15, 0.2) is 18.2 Å². The highest BCUT2D eigenvalue weighted by atomic mass is 32.2. The number of imide groups is 1. The van der Waals surface area contributed by atoms with Gasteiger partial charge in [0.15, 0.2) is 0 Å². The van der Waals surface area contributed by atoms with Crippen molar-refractivity contribution in [2.24, 2.45) is 0 Å². The zero-order valence-electron chi connectivity index (χ0n) is 15.7. The number of halogens is 3. The first-order chi connectivity index (χ1) is 14.1. The molecule has 0 atom stereocenters. The van der Waals surface area contributed by atoms with E-state index >= 15 is 0 Å². The lowest BCUT2D eigenvalue weighted by Crippen LogP contribution is -2.52. The summed E-state index contributed by atoms with van der Waals surface area (Å²) in [6.45, 7) is 0.0143. The summed E-state index contributed by atoms with van der Waals surface area (Å²) in [4.78, 5) is 39.3. The highest BCUT2D eigenvalue weighted by Crippen LogP contribution is 2.43. The fourth-order valence-corrected chi connectivity index (χ4v) is 5.00. The third kappa shape index (κ3) is 3.84. The first-order valence-electron chi connectivity index (χ1n) is 9.19. The predicted molar refractivity (Wildman–Crippen MR) is 102 cm³/mol. The number of carbonyl (C=O) groups excluding carboxylic acids is 2. The molecular formula is C19H18F3N3O4S. The van der Waals surface area contributed by atoms with E-state index in [9.17, 15) is 27.6 Å². The van der Waals surface area contributed by atoms with Gasteiger partial charge in [-0.2, -0.15) is 30.2 Å². The molecule has 30 heavy (non-hydrogen) atoms. The van der Waals surface area contributed by atoms with E-state index in [2.05, 4.69) is 0 Å². The van der Waals surface area contributed by atoms with Gasteiger partial charge in [-0.25, -0.2) is 9.69 Å². The van der Waals surface area contributed by atoms with Crippen LogP contribution in [0.1, 0.15) is 36.8 Å². The van der Waals surface area contributed by atoms with Crippen LogP contribution in [0.25, 0.3) is 0 Å². The third-order valence-corrected chi connectivity index (χ3v) is 6.31. The van der Waals surface area contributed by atoms with Crippen molar-refractivity contribution in [2.75, 3.05) is 23.0 Å². The second kappa shape index (κ2) is 8.18. The van der Waals surface area contributed by atoms with Crippen LogP contribution >= 0.6 is 11.8 Å². The maximum absolute atomic E-state index is 13.4. The Morgan fingerprint density at radius 2 is 1.93 bits per heavy atom. The topological polar surface area (TPSA) is 102 Å². The monoisotopic (exact) mass is 441 g/mol. The van der Waals surface area contributed by atoms with Crippen LogP contribution in [-0.2, 0) is 15.8 Å². The minimum atomic E-state index is -4.83. The quantitative estimate of drug-likeness (QED) is 0.702. The van der Waals surface area contributed by atoms with Crippen LogP contribution in [0.5, 0.6) is 0 Å². The van der Waals surface area contributed by atoms with Crippen molar-refractivity contribution < 1.29 is 32.7 Å². The summed E-state index contributed by atoms with van der Waals surface area (Å²) < 4.78 is 40.1. The molecule has 1 N–H and O–H groups in total. The van der Waals surface area contributed by atoms with Crippen molar-refractivity contribution in [3.63, 3.8) is 0 Å². The molecule has 0 radical (unpaired) electrons. The Morgan fingerprint density at radius 3 is 2.50 bits per heavy atom. The number of amides is 3. The summed E-state index contributed by atoms with van der Waals surface area (Å²) in [6.07, 6.45) is -4.22. The van der Waals surface area contributed by atoms with Crippen molar-refractivity contribution in [3.8, 4) is 6.07 Å². The van der Waals surface area contributed by atoms with Gasteiger partial charge in [0, 0.05) is 13.0 Å². The summed E-state index contributed by atoms with van der Waals surface area (Å²) in [5.74, 6) is -0.451. The van der Waals surface area contributed by atoms with Gasteiger partial charge >= 0.3 is 18.2 Å². The summed E-state index contributed by atoms with van der Waals surface area (Å²) in [5.41, 5.74) is -3.27. The molecule has 2 fully saturated rings. The van der Waals surface area contributed by atoms with Gasteiger partial charge in [-0.05, 0) is 49.0 Å². The van der Waals surface area contributed by atoms with E-state index in [1.165, 1.54) is 11.0 Å². The molecule has 160 valence electrons. The average Bonchev–Trinajstić information content (AvgIpc) is 2.88. The number of aliphatic carboxylic acids is 1. The molecule has 7 nitrogen and oxygen atoms in total. The number of carbonyl (C=O) groups is 3. The van der Waals surface area contributed by atoms with Crippen LogP contribution in [0.4, 0.5) is 23.7 Å². The second-order valence-corrected chi connectivity index (χ2v) is 8.28. The highest BCUT2D eigenvalue weighted by molar-refractivity contribution is 7.99. The molecule has 3 rings (SSSR count). The van der Waals surface area contributed by atoms with Crippen molar-refractivity contribution in [3.05, 3.63) is 29.3 Å². The molecule has 2 heterocycles. The Balaban J connectivity index is 2.01. The van der Waals surface area contributed by atoms with E-state index in [-0.39, 0.29) is 25.1 Å². The summed E-state index contributed by atoms with van der Waals surface area (Å²) in [6, 6.07) is 3.43. The maximum atomic E-state index is 13.4. The number of hydrogen-bond donors (Lipinski definition) is 1. The molecule has 1 aromatic rings. The Bertz CT molecular complexity index is 923. The molecule has 3 amide bonds. The summed E-state index contributed by atoms with van der Waals surface area (Å²) in [5, 5.41) is 17.8. The van der Waals surface area contributed by atoms with Gasteiger partial charge in [0.1, 0.15) is 5.54 Å². The van der Waals surface area contributed by atoms with E-state index < -0.39 is 40.7 Å². The van der Waals surface area contributed by atoms with Crippen LogP contribution in [-0.4, -0.2) is 51.5 Å². The number of hydrogen-bond acceptors (Lipinski definition) is 5. The molecule has 0 unspecified atom stereocenters. The lowest BCUT2D eigenvalue weighted by atomic mass is 9.90. The fourth-order valence-electron chi connectivity index (χ4n) is 3.84. The molecule has 1 spiro atoms. The van der Waals surface area contributed by atoms with E-state index in [1.807, 2.05) is 0 Å². The van der Waals surface area contributed by atoms with Crippen LogP contribution < -0.4 is 4.90 Å². The van der Waals surface area contributed by atoms with Crippen molar-refractivity contribution in [1.29, 1.82) is 5.26 Å². The molecule has 11 heteroatoms. The zero-order chi connectivity index (χ0) is 22.1. The van der Waals surface area contributed by atoms with Gasteiger partial charge in [-0.3, -0.25) is 9.59 Å². The number of benzene rings is 1. The Kier molecular flexibility index (Phi) is 5.99. The Labute approximate surface area is 174 Å². The number of nitriles is 1. The number of thioether (sulfide) groups is 1. The van der Waals surface area contributed by atoms with E-state index in [4.69, 9.17) is 10.4 Å². The van der Waals surface area contributed by atoms with Crippen molar-refractivity contribution in [1.82, 2.24) is 4.90 Å². The fraction of sp³-hybridized carbons (Fsp3) is 0.474. The highest BCUT2D eigenvalue weighted by Gasteiger charge is 2.57. The molecule has 0 aliphatic carbocycles. The SMILES string of the molecule is N#Cc1ccc(N2C(=O)N(CCCC(=O)O)C3(CCSCC3)C2=O)cc1C(F)(F)F. The summed E-state index contributed by atoms with van der Waals surface area (Å²) >= 11 is 1.61. The number of rotatable bonds is 5. The first-order valence-corrected chi connectivity index (χ1v) is 10.3. The lowest BCUT2D eigenvalue weighted by molar-refractivity contribution is -0.138. The molecule has 2 saturated heterocycles. The predicted octanol–water partition coefficient (Wildman–Crippen LogP) is 3.48. The number of alkyl halides is 3. The van der Waals surface area contributed by atoms with Gasteiger partial charge in [-0.1, -0.05) is 0 Å². The van der Waals surface area contributed by atoms with Crippen molar-refractivity contribution >= 4 is 35.4 Å². The summed E-state index contributed by atoms with van der Waals surface area (Å²) in [7, 11) is 0. The normalized spacial score (nSPS) is 18.7. The molecule has 2 aliphatic heterocycles. The van der Waals surface area contributed by atoms with Gasteiger partial charge in [0.2, 0.25) is 0 Å². The average molecular weight is 441 g/mol. The molecule has 0 aromatic heterocycles. The number of urea groups is 1. The van der Waals surface area contributed by atoms with Gasteiger partial charge in [-0.15, -0.1) is 0 Å². The molecule has 0 bridgehead atoms. The van der Waals surface area contributed by atoms with Gasteiger partial charge in [0.25, 0.3) is 5.91 Å². The smallest absolute Gasteiger partial charge is 0.417 e. The number of carboxylic acid groups (broad SMARTS) is 1. The van der Waals surface area contributed by atoms with Gasteiger partial charge in [0.05, 0.1) is 22.9 Å². The van der Waals surface area contributed by atoms with Crippen molar-refractivity contribution in [2.45, 2.75) is 37.4 Å². The van der Waals surface area contributed by atoms with E-state index in [1.54, 1.807) is 11.8 Å². The van der Waals surface area contributed by atoms with Gasteiger partial charge < -0.3 is 10.0 Å². The number of carboxylic acids is 1. The number of nitrogens with zero attached hydrogens (tertiary/aromatic N) is 3. The molecule has 0 saturated carbocycles. The van der Waals surface area contributed by atoms with Crippen LogP contribution in [0, 0.1) is 11.3 Å². The standard InChI is InChI=1S/C19H18F3N3O4S/c20-19(21,22)14-10-13(4-3-12(14)11-23)25-16(28)18(5-8-30-9-6-18)24(17(25)29)7-1-2-15(26)27/h3-4,10H,1-2,5-9H2,(H,26,27).